The van der Waals surface area contributed by atoms with Gasteiger partial charge in [0.05, 0.1) is 12.8 Å². The zero-order valence-corrected chi connectivity index (χ0v) is 15.2. The summed E-state index contributed by atoms with van der Waals surface area (Å²) in [7, 11) is 0. The van der Waals surface area contributed by atoms with Gasteiger partial charge in [-0.2, -0.15) is 5.10 Å². The molecule has 0 fully saturated rings. The normalized spacial score (nSPS) is 10.5. The minimum Gasteiger partial charge on any atom is -0.493 e. The molecule has 0 aliphatic carbocycles. The van der Waals surface area contributed by atoms with Gasteiger partial charge in [0, 0.05) is 15.7 Å². The Morgan fingerprint density at radius 2 is 1.92 bits per heavy atom. The number of hydrogen-bond acceptors (Lipinski definition) is 4. The van der Waals surface area contributed by atoms with Crippen LogP contribution in [0.2, 0.25) is 0 Å². The van der Waals surface area contributed by atoms with E-state index in [4.69, 9.17) is 4.74 Å². The van der Waals surface area contributed by atoms with E-state index >= 15 is 0 Å². The Kier molecular flexibility index (Phi) is 7.16. The van der Waals surface area contributed by atoms with Gasteiger partial charge in [0.15, 0.2) is 0 Å². The number of nitrogens with zero attached hydrogens (tertiary/aromatic N) is 1. The van der Waals surface area contributed by atoms with Crippen LogP contribution in [0.15, 0.2) is 58.1 Å². The van der Waals surface area contributed by atoms with Crippen molar-refractivity contribution >= 4 is 39.6 Å². The molecule has 2 rings (SSSR count). The van der Waals surface area contributed by atoms with Gasteiger partial charge in [0.25, 0.3) is 0 Å². The molecule has 2 aromatic carbocycles. The molecule has 0 spiro atoms. The number of carbonyl (C=O) groups is 2. The summed E-state index contributed by atoms with van der Waals surface area (Å²) in [5.41, 5.74) is 3.42. The second-order valence-corrected chi connectivity index (χ2v) is 5.97. The molecule has 2 aromatic rings. The van der Waals surface area contributed by atoms with Gasteiger partial charge in [-0.3, -0.25) is 9.59 Å². The third-order valence-corrected chi connectivity index (χ3v) is 3.53. The van der Waals surface area contributed by atoms with Crippen LogP contribution >= 0.6 is 15.9 Å². The van der Waals surface area contributed by atoms with E-state index in [1.165, 1.54) is 6.21 Å². The SMILES string of the molecule is CCCOc1ccc(Br)cc1/C=N/NC(=O)C(=O)Nc1ccccc1. The number of benzene rings is 2. The van der Waals surface area contributed by atoms with Gasteiger partial charge in [-0.1, -0.05) is 41.1 Å². The largest absolute Gasteiger partial charge is 0.493 e. The van der Waals surface area contributed by atoms with Crippen LogP contribution in [-0.2, 0) is 9.59 Å². The number of para-hydroxylation sites is 1. The Hall–Kier alpha value is -2.67. The summed E-state index contributed by atoms with van der Waals surface area (Å²) in [5, 5.41) is 6.31. The molecule has 7 heteroatoms. The molecule has 0 saturated heterocycles. The summed E-state index contributed by atoms with van der Waals surface area (Å²) in [6.07, 6.45) is 2.31. The lowest BCUT2D eigenvalue weighted by molar-refractivity contribution is -0.136. The summed E-state index contributed by atoms with van der Waals surface area (Å²) in [5.74, 6) is -0.997. The smallest absolute Gasteiger partial charge is 0.329 e. The molecule has 0 aromatic heterocycles. The first-order valence-corrected chi connectivity index (χ1v) is 8.51. The Morgan fingerprint density at radius 1 is 1.16 bits per heavy atom. The minimum absolute atomic E-state index is 0.536. The maximum Gasteiger partial charge on any atom is 0.329 e. The van der Waals surface area contributed by atoms with Crippen LogP contribution in [0.25, 0.3) is 0 Å². The number of hydrazone groups is 1. The fourth-order valence-corrected chi connectivity index (χ4v) is 2.26. The fraction of sp³-hybridized carbons (Fsp3) is 0.167. The van der Waals surface area contributed by atoms with E-state index < -0.39 is 11.8 Å². The molecule has 0 unspecified atom stereocenters. The highest BCUT2D eigenvalue weighted by atomic mass is 79.9. The van der Waals surface area contributed by atoms with Crippen LogP contribution in [0.1, 0.15) is 18.9 Å². The van der Waals surface area contributed by atoms with E-state index in [1.54, 1.807) is 24.3 Å². The minimum atomic E-state index is -0.855. The monoisotopic (exact) mass is 403 g/mol. The predicted molar refractivity (Wildman–Crippen MR) is 101 cm³/mol. The number of amides is 2. The van der Waals surface area contributed by atoms with Crippen LogP contribution in [-0.4, -0.2) is 24.6 Å². The lowest BCUT2D eigenvalue weighted by Gasteiger charge is -2.08. The van der Waals surface area contributed by atoms with E-state index in [1.807, 2.05) is 31.2 Å². The van der Waals surface area contributed by atoms with Gasteiger partial charge in [-0.05, 0) is 36.8 Å². The maximum absolute atomic E-state index is 11.8. The topological polar surface area (TPSA) is 79.8 Å². The van der Waals surface area contributed by atoms with Crippen molar-refractivity contribution in [3.05, 3.63) is 58.6 Å². The van der Waals surface area contributed by atoms with Crippen LogP contribution in [0.3, 0.4) is 0 Å². The molecule has 0 aliphatic heterocycles. The maximum atomic E-state index is 11.8. The number of anilines is 1. The van der Waals surface area contributed by atoms with Crippen molar-refractivity contribution in [2.24, 2.45) is 5.10 Å². The van der Waals surface area contributed by atoms with E-state index in [2.05, 4.69) is 31.8 Å². The Labute approximate surface area is 154 Å². The molecule has 25 heavy (non-hydrogen) atoms. The molecule has 0 aliphatic rings. The molecule has 2 amide bonds. The standard InChI is InChI=1S/C18H18BrN3O3/c1-2-10-25-16-9-8-14(19)11-13(16)12-20-22-18(24)17(23)21-15-6-4-3-5-7-15/h3-9,11-12H,2,10H2,1H3,(H,21,23)(H,22,24)/b20-12+. The van der Waals surface area contributed by atoms with Crippen LogP contribution in [0.5, 0.6) is 5.75 Å². The summed E-state index contributed by atoms with van der Waals surface area (Å²) < 4.78 is 6.47. The summed E-state index contributed by atoms with van der Waals surface area (Å²) in [4.78, 5) is 23.6. The molecule has 0 saturated carbocycles. The van der Waals surface area contributed by atoms with Crippen molar-refractivity contribution in [1.82, 2.24) is 5.43 Å². The first-order chi connectivity index (χ1) is 12.1. The zero-order valence-electron chi connectivity index (χ0n) is 13.7. The molecule has 0 heterocycles. The fourth-order valence-electron chi connectivity index (χ4n) is 1.88. The number of nitrogens with one attached hydrogen (secondary N) is 2. The number of ether oxygens (including phenoxy) is 1. The quantitative estimate of drug-likeness (QED) is 0.441. The van der Waals surface area contributed by atoms with E-state index in [0.29, 0.717) is 23.6 Å². The van der Waals surface area contributed by atoms with E-state index in [0.717, 1.165) is 10.9 Å². The second kappa shape index (κ2) is 9.58. The van der Waals surface area contributed by atoms with Gasteiger partial charge < -0.3 is 10.1 Å². The van der Waals surface area contributed by atoms with E-state index in [-0.39, 0.29) is 0 Å². The highest BCUT2D eigenvalue weighted by Crippen LogP contribution is 2.21. The average Bonchev–Trinajstić information content (AvgIpc) is 2.61. The van der Waals surface area contributed by atoms with E-state index in [9.17, 15) is 9.59 Å². The van der Waals surface area contributed by atoms with Gasteiger partial charge in [0.2, 0.25) is 0 Å². The average molecular weight is 404 g/mol. The first kappa shape index (κ1) is 18.7. The second-order valence-electron chi connectivity index (χ2n) is 5.05. The third-order valence-electron chi connectivity index (χ3n) is 3.04. The lowest BCUT2D eigenvalue weighted by Crippen LogP contribution is -2.32. The van der Waals surface area contributed by atoms with Crippen molar-refractivity contribution in [2.75, 3.05) is 11.9 Å². The highest BCUT2D eigenvalue weighted by molar-refractivity contribution is 9.10. The zero-order chi connectivity index (χ0) is 18.1. The highest BCUT2D eigenvalue weighted by Gasteiger charge is 2.12. The number of carbonyl (C=O) groups excluding carboxylic acids is 2. The molecule has 6 nitrogen and oxygen atoms in total. The predicted octanol–water partition coefficient (Wildman–Crippen LogP) is 3.33. The Balaban J connectivity index is 1.96. The number of halogens is 1. The van der Waals surface area contributed by atoms with Crippen LogP contribution in [0.4, 0.5) is 5.69 Å². The molecule has 130 valence electrons. The van der Waals surface area contributed by atoms with Crippen LogP contribution < -0.4 is 15.5 Å². The molecule has 0 atom stereocenters. The lowest BCUT2D eigenvalue weighted by atomic mass is 10.2. The van der Waals surface area contributed by atoms with Gasteiger partial charge in [-0.25, -0.2) is 5.43 Å². The Bertz CT molecular complexity index is 763. The molecular weight excluding hydrogens is 386 g/mol. The number of rotatable bonds is 6. The van der Waals surface area contributed by atoms with Gasteiger partial charge >= 0.3 is 11.8 Å². The van der Waals surface area contributed by atoms with Crippen LogP contribution in [0, 0.1) is 0 Å². The van der Waals surface area contributed by atoms with Crippen molar-refractivity contribution in [2.45, 2.75) is 13.3 Å². The molecule has 2 N–H and O–H groups in total. The summed E-state index contributed by atoms with van der Waals surface area (Å²) in [6.45, 7) is 2.59. The van der Waals surface area contributed by atoms with Crippen molar-refractivity contribution < 1.29 is 14.3 Å². The first-order valence-electron chi connectivity index (χ1n) is 7.72. The molecule has 0 bridgehead atoms. The summed E-state index contributed by atoms with van der Waals surface area (Å²) in [6, 6.07) is 14.2. The van der Waals surface area contributed by atoms with Crippen molar-refractivity contribution in [1.29, 1.82) is 0 Å². The van der Waals surface area contributed by atoms with Crippen molar-refractivity contribution in [3.8, 4) is 5.75 Å². The molecular formula is C18H18BrN3O3. The summed E-state index contributed by atoms with van der Waals surface area (Å²) >= 11 is 3.38. The van der Waals surface area contributed by atoms with Gasteiger partial charge in [0.1, 0.15) is 5.75 Å². The number of hydrogen-bond donors (Lipinski definition) is 2. The van der Waals surface area contributed by atoms with Crippen molar-refractivity contribution in [3.63, 3.8) is 0 Å². The van der Waals surface area contributed by atoms with Gasteiger partial charge in [-0.15, -0.1) is 0 Å². The third kappa shape index (κ3) is 6.04. The Morgan fingerprint density at radius 3 is 2.64 bits per heavy atom. The molecule has 0 radical (unpaired) electrons.